The van der Waals surface area contributed by atoms with Crippen molar-refractivity contribution < 1.29 is 18.7 Å². The van der Waals surface area contributed by atoms with Crippen molar-refractivity contribution in [2.45, 2.75) is 26.5 Å². The van der Waals surface area contributed by atoms with Crippen LogP contribution in [0.15, 0.2) is 70.2 Å². The third-order valence-electron chi connectivity index (χ3n) is 5.04. The van der Waals surface area contributed by atoms with Gasteiger partial charge in [0, 0.05) is 0 Å². The van der Waals surface area contributed by atoms with Crippen molar-refractivity contribution in [2.24, 2.45) is 0 Å². The average molecular weight is 434 g/mol. The quantitative estimate of drug-likeness (QED) is 0.460. The van der Waals surface area contributed by atoms with Crippen molar-refractivity contribution in [2.75, 3.05) is 11.5 Å². The van der Waals surface area contributed by atoms with E-state index in [2.05, 4.69) is 0 Å². The van der Waals surface area contributed by atoms with Crippen LogP contribution in [0.25, 0.3) is 5.57 Å². The minimum absolute atomic E-state index is 0.306. The molecule has 4 rings (SSSR count). The summed E-state index contributed by atoms with van der Waals surface area (Å²) in [5.74, 6) is 1.31. The Morgan fingerprint density at radius 3 is 2.45 bits per heavy atom. The number of anilines is 1. The molecule has 5 nitrogen and oxygen atoms in total. The molecule has 1 aliphatic rings. The van der Waals surface area contributed by atoms with E-state index in [1.54, 1.807) is 6.26 Å². The van der Waals surface area contributed by atoms with Gasteiger partial charge < -0.3 is 9.15 Å². The molecule has 0 fully saturated rings. The molecule has 158 valence electrons. The lowest BCUT2D eigenvalue weighted by molar-refractivity contribution is -0.119. The van der Waals surface area contributed by atoms with Gasteiger partial charge in [0.25, 0.3) is 11.8 Å². The van der Waals surface area contributed by atoms with E-state index in [0.717, 1.165) is 22.6 Å². The highest BCUT2D eigenvalue weighted by molar-refractivity contribution is 8.03. The molecule has 0 bridgehead atoms. The Labute approximate surface area is 185 Å². The van der Waals surface area contributed by atoms with Gasteiger partial charge in [-0.15, -0.1) is 11.8 Å². The Morgan fingerprint density at radius 2 is 1.77 bits per heavy atom. The zero-order valence-electron chi connectivity index (χ0n) is 17.7. The highest BCUT2D eigenvalue weighted by Crippen LogP contribution is 2.40. The third-order valence-corrected chi connectivity index (χ3v) is 6.14. The number of nitrogens with zero attached hydrogens (tertiary/aromatic N) is 1. The van der Waals surface area contributed by atoms with Gasteiger partial charge in [-0.3, -0.25) is 9.59 Å². The molecule has 6 heteroatoms. The Morgan fingerprint density at radius 1 is 1.00 bits per heavy atom. The summed E-state index contributed by atoms with van der Waals surface area (Å²) in [4.78, 5) is 28.7. The molecule has 1 aromatic heterocycles. The lowest BCUT2D eigenvalue weighted by Gasteiger charge is -2.18. The lowest BCUT2D eigenvalue weighted by Crippen LogP contribution is -2.32. The van der Waals surface area contributed by atoms with Gasteiger partial charge in [-0.25, -0.2) is 4.90 Å². The fraction of sp³-hybridized carbons (Fsp3) is 0.200. The monoisotopic (exact) mass is 433 g/mol. The summed E-state index contributed by atoms with van der Waals surface area (Å²) in [7, 11) is 0. The van der Waals surface area contributed by atoms with Crippen LogP contribution in [0, 0.1) is 13.8 Å². The molecule has 2 aromatic carbocycles. The number of carbonyl (C=O) groups excluding carboxylic acids is 2. The molecule has 2 amide bonds. The van der Waals surface area contributed by atoms with E-state index in [1.807, 2.05) is 75.4 Å². The highest BCUT2D eigenvalue weighted by atomic mass is 32.2. The number of amides is 2. The molecule has 0 aliphatic carbocycles. The minimum atomic E-state index is -0.315. The van der Waals surface area contributed by atoms with Crippen molar-refractivity contribution in [1.82, 2.24) is 0 Å². The van der Waals surface area contributed by atoms with Gasteiger partial charge in [-0.2, -0.15) is 0 Å². The number of thioether (sulfide) groups is 1. The molecule has 3 aromatic rings. The molecule has 31 heavy (non-hydrogen) atoms. The number of ether oxygens (including phenoxy) is 1. The summed E-state index contributed by atoms with van der Waals surface area (Å²) in [6, 6.07) is 16.7. The van der Waals surface area contributed by atoms with Gasteiger partial charge in [0.05, 0.1) is 34.8 Å². The Hall–Kier alpha value is -3.25. The normalized spacial score (nSPS) is 14.0. The number of carbonyl (C=O) groups is 2. The van der Waals surface area contributed by atoms with E-state index in [1.165, 1.54) is 16.7 Å². The number of hydrogen-bond acceptors (Lipinski definition) is 5. The first-order valence-electron chi connectivity index (χ1n) is 10.1. The van der Waals surface area contributed by atoms with E-state index < -0.39 is 0 Å². The summed E-state index contributed by atoms with van der Waals surface area (Å²) >= 11 is 1.32. The molecule has 0 spiro atoms. The number of imide groups is 1. The fourth-order valence-electron chi connectivity index (χ4n) is 3.50. The van der Waals surface area contributed by atoms with Crippen molar-refractivity contribution >= 4 is 34.8 Å². The molecule has 0 saturated heterocycles. The second kappa shape index (κ2) is 8.86. The number of benzene rings is 2. The maximum Gasteiger partial charge on any atom is 0.272 e. The van der Waals surface area contributed by atoms with E-state index in [4.69, 9.17) is 9.15 Å². The maximum atomic E-state index is 13.5. The standard InChI is InChI=1S/C25H23NO4S/c1-4-29-19-11-9-18(10-12-19)22-23(31-15-20-6-5-13-30-20)25(28)26(24(22)27)21-14-16(2)7-8-17(21)3/h5-14H,4,15H2,1-3H3. The van der Waals surface area contributed by atoms with Crippen LogP contribution in [-0.2, 0) is 15.3 Å². The molecular weight excluding hydrogens is 410 g/mol. The van der Waals surface area contributed by atoms with Gasteiger partial charge in [0.2, 0.25) is 0 Å². The predicted octanol–water partition coefficient (Wildman–Crippen LogP) is 5.51. The number of rotatable bonds is 7. The number of furan rings is 1. The molecule has 0 atom stereocenters. The van der Waals surface area contributed by atoms with Gasteiger partial charge in [-0.1, -0.05) is 24.3 Å². The molecule has 0 N–H and O–H groups in total. The van der Waals surface area contributed by atoms with Gasteiger partial charge >= 0.3 is 0 Å². The first-order valence-corrected chi connectivity index (χ1v) is 11.1. The van der Waals surface area contributed by atoms with Crippen molar-refractivity contribution in [1.29, 1.82) is 0 Å². The minimum Gasteiger partial charge on any atom is -0.494 e. The van der Waals surface area contributed by atoms with Crippen LogP contribution in [0.2, 0.25) is 0 Å². The smallest absolute Gasteiger partial charge is 0.272 e. The van der Waals surface area contributed by atoms with Crippen LogP contribution in [0.1, 0.15) is 29.4 Å². The van der Waals surface area contributed by atoms with Gasteiger partial charge in [-0.05, 0) is 67.8 Å². The van der Waals surface area contributed by atoms with Crippen LogP contribution in [0.3, 0.4) is 0 Å². The largest absolute Gasteiger partial charge is 0.494 e. The Bertz CT molecular complexity index is 1150. The topological polar surface area (TPSA) is 59.8 Å². The average Bonchev–Trinajstić information content (AvgIpc) is 3.36. The number of aryl methyl sites for hydroxylation is 2. The molecule has 0 radical (unpaired) electrons. The molecule has 2 heterocycles. The third kappa shape index (κ3) is 4.16. The second-order valence-electron chi connectivity index (χ2n) is 7.27. The Balaban J connectivity index is 1.75. The predicted molar refractivity (Wildman–Crippen MR) is 123 cm³/mol. The summed E-state index contributed by atoms with van der Waals surface area (Å²) in [6.45, 7) is 6.33. The first-order chi connectivity index (χ1) is 15.0. The fourth-order valence-corrected chi connectivity index (χ4v) is 4.51. The molecular formula is C25H23NO4S. The summed E-state index contributed by atoms with van der Waals surface area (Å²) < 4.78 is 10.9. The van der Waals surface area contributed by atoms with Gasteiger partial charge in [0.15, 0.2) is 0 Å². The van der Waals surface area contributed by atoms with E-state index in [9.17, 15) is 9.59 Å². The van der Waals surface area contributed by atoms with Crippen molar-refractivity contribution in [3.63, 3.8) is 0 Å². The molecule has 0 saturated carbocycles. The SMILES string of the molecule is CCOc1ccc(C2=C(SCc3ccco3)C(=O)N(c3cc(C)ccc3C)C2=O)cc1. The van der Waals surface area contributed by atoms with Crippen molar-refractivity contribution in [3.05, 3.63) is 88.2 Å². The highest BCUT2D eigenvalue weighted by Gasteiger charge is 2.40. The first kappa shape index (κ1) is 21.0. The van der Waals surface area contributed by atoms with Crippen LogP contribution in [0.4, 0.5) is 5.69 Å². The van der Waals surface area contributed by atoms with Crippen LogP contribution in [0.5, 0.6) is 5.75 Å². The maximum absolute atomic E-state index is 13.5. The second-order valence-corrected chi connectivity index (χ2v) is 8.25. The molecule has 0 unspecified atom stereocenters. The summed E-state index contributed by atoms with van der Waals surface area (Å²) in [6.07, 6.45) is 1.60. The van der Waals surface area contributed by atoms with Crippen molar-refractivity contribution in [3.8, 4) is 5.75 Å². The Kier molecular flexibility index (Phi) is 6.00. The zero-order valence-corrected chi connectivity index (χ0v) is 18.5. The zero-order chi connectivity index (χ0) is 22.0. The summed E-state index contributed by atoms with van der Waals surface area (Å²) in [5, 5.41) is 0. The van der Waals surface area contributed by atoms with E-state index >= 15 is 0 Å². The van der Waals surface area contributed by atoms with Crippen LogP contribution < -0.4 is 9.64 Å². The van der Waals surface area contributed by atoms with Crippen LogP contribution >= 0.6 is 11.8 Å². The lowest BCUT2D eigenvalue weighted by atomic mass is 10.1. The van der Waals surface area contributed by atoms with E-state index in [0.29, 0.717) is 34.1 Å². The van der Waals surface area contributed by atoms with Gasteiger partial charge in [0.1, 0.15) is 11.5 Å². The van der Waals surface area contributed by atoms with E-state index in [-0.39, 0.29) is 11.8 Å². The summed E-state index contributed by atoms with van der Waals surface area (Å²) in [5.41, 5.74) is 3.57. The van der Waals surface area contributed by atoms with Crippen LogP contribution in [-0.4, -0.2) is 18.4 Å². The number of hydrogen-bond donors (Lipinski definition) is 0. The molecule has 1 aliphatic heterocycles.